The zero-order chi connectivity index (χ0) is 11.4. The van der Waals surface area contributed by atoms with Crippen LogP contribution in [0.3, 0.4) is 0 Å². The van der Waals surface area contributed by atoms with Crippen molar-refractivity contribution >= 4 is 17.2 Å². The van der Waals surface area contributed by atoms with E-state index in [2.05, 4.69) is 34.7 Å². The number of hydrogen-bond acceptors (Lipinski definition) is 3. The number of rotatable bonds is 3. The largest absolute Gasteiger partial charge is 0.373 e. The molecule has 0 radical (unpaired) electrons. The summed E-state index contributed by atoms with van der Waals surface area (Å²) in [6.45, 7) is 2.08. The van der Waals surface area contributed by atoms with Crippen LogP contribution in [0.4, 0.5) is 17.2 Å². The van der Waals surface area contributed by atoms with Crippen LogP contribution in [0.1, 0.15) is 5.56 Å². The molecule has 0 aliphatic rings. The third-order valence-corrected chi connectivity index (χ3v) is 2.32. The number of aromatic nitrogens is 1. The van der Waals surface area contributed by atoms with Crippen molar-refractivity contribution in [1.29, 1.82) is 0 Å². The Bertz CT molecular complexity index is 480. The van der Waals surface area contributed by atoms with Crippen LogP contribution in [-0.4, -0.2) is 12.0 Å². The van der Waals surface area contributed by atoms with E-state index >= 15 is 0 Å². The van der Waals surface area contributed by atoms with Crippen molar-refractivity contribution in [2.75, 3.05) is 17.7 Å². The number of anilines is 3. The van der Waals surface area contributed by atoms with Crippen LogP contribution >= 0.6 is 0 Å². The van der Waals surface area contributed by atoms with Crippen LogP contribution in [0.2, 0.25) is 0 Å². The van der Waals surface area contributed by atoms with Gasteiger partial charge in [0.25, 0.3) is 0 Å². The molecule has 1 heterocycles. The Morgan fingerprint density at radius 3 is 2.62 bits per heavy atom. The fraction of sp³-hybridized carbons (Fsp3) is 0.154. The normalized spacial score (nSPS) is 9.88. The maximum atomic E-state index is 4.17. The van der Waals surface area contributed by atoms with Gasteiger partial charge in [0, 0.05) is 30.7 Å². The fourth-order valence-corrected chi connectivity index (χ4v) is 1.53. The standard InChI is InChI=1S/C13H15N3/c1-10-4-3-5-11(8-10)16-12-6-7-15-13(9-12)14-2/h3-9H,1-2H3,(H2,14,15,16). The van der Waals surface area contributed by atoms with E-state index in [1.165, 1.54) is 5.56 Å². The number of nitrogens with zero attached hydrogens (tertiary/aromatic N) is 1. The van der Waals surface area contributed by atoms with Gasteiger partial charge in [0.15, 0.2) is 0 Å². The summed E-state index contributed by atoms with van der Waals surface area (Å²) in [6, 6.07) is 12.2. The molecule has 2 aromatic rings. The lowest BCUT2D eigenvalue weighted by Gasteiger charge is -2.08. The third-order valence-electron chi connectivity index (χ3n) is 2.32. The van der Waals surface area contributed by atoms with Crippen LogP contribution < -0.4 is 10.6 Å². The molecule has 1 aromatic heterocycles. The first-order chi connectivity index (χ1) is 7.78. The Morgan fingerprint density at radius 2 is 1.88 bits per heavy atom. The van der Waals surface area contributed by atoms with Gasteiger partial charge in [0.05, 0.1) is 0 Å². The first kappa shape index (κ1) is 10.5. The lowest BCUT2D eigenvalue weighted by Crippen LogP contribution is -1.95. The minimum absolute atomic E-state index is 0.859. The van der Waals surface area contributed by atoms with Gasteiger partial charge in [-0.3, -0.25) is 0 Å². The van der Waals surface area contributed by atoms with Gasteiger partial charge >= 0.3 is 0 Å². The second kappa shape index (κ2) is 4.66. The van der Waals surface area contributed by atoms with Crippen LogP contribution in [0.25, 0.3) is 0 Å². The predicted molar refractivity (Wildman–Crippen MR) is 68.2 cm³/mol. The van der Waals surface area contributed by atoms with Crippen LogP contribution in [0, 0.1) is 6.92 Å². The van der Waals surface area contributed by atoms with Crippen molar-refractivity contribution in [2.45, 2.75) is 6.92 Å². The van der Waals surface area contributed by atoms with Crippen molar-refractivity contribution in [1.82, 2.24) is 4.98 Å². The quantitative estimate of drug-likeness (QED) is 0.822. The number of benzene rings is 1. The summed E-state index contributed by atoms with van der Waals surface area (Å²) in [4.78, 5) is 4.17. The first-order valence-electron chi connectivity index (χ1n) is 5.25. The highest BCUT2D eigenvalue weighted by atomic mass is 15.0. The average molecular weight is 213 g/mol. The lowest BCUT2D eigenvalue weighted by atomic mass is 10.2. The molecule has 2 rings (SSSR count). The zero-order valence-corrected chi connectivity index (χ0v) is 9.49. The molecule has 82 valence electrons. The Balaban J connectivity index is 2.20. The molecule has 0 aliphatic carbocycles. The van der Waals surface area contributed by atoms with E-state index in [1.807, 2.05) is 31.3 Å². The number of pyridine rings is 1. The average Bonchev–Trinajstić information content (AvgIpc) is 2.29. The van der Waals surface area contributed by atoms with E-state index in [9.17, 15) is 0 Å². The molecule has 3 heteroatoms. The molecule has 0 saturated heterocycles. The molecule has 2 N–H and O–H groups in total. The highest BCUT2D eigenvalue weighted by molar-refractivity contribution is 5.62. The number of aryl methyl sites for hydroxylation is 1. The molecule has 0 aliphatic heterocycles. The highest BCUT2D eigenvalue weighted by Gasteiger charge is 1.96. The highest BCUT2D eigenvalue weighted by Crippen LogP contribution is 2.18. The zero-order valence-electron chi connectivity index (χ0n) is 9.49. The number of hydrogen-bond donors (Lipinski definition) is 2. The fourth-order valence-electron chi connectivity index (χ4n) is 1.53. The van der Waals surface area contributed by atoms with E-state index in [4.69, 9.17) is 0 Å². The topological polar surface area (TPSA) is 37.0 Å². The van der Waals surface area contributed by atoms with Gasteiger partial charge in [-0.15, -0.1) is 0 Å². The van der Waals surface area contributed by atoms with Gasteiger partial charge in [-0.1, -0.05) is 12.1 Å². The maximum absolute atomic E-state index is 4.17. The molecule has 0 saturated carbocycles. The molecule has 0 spiro atoms. The van der Waals surface area contributed by atoms with Gasteiger partial charge in [0.1, 0.15) is 5.82 Å². The Hall–Kier alpha value is -2.03. The molecule has 3 nitrogen and oxygen atoms in total. The summed E-state index contributed by atoms with van der Waals surface area (Å²) in [5.74, 6) is 0.859. The van der Waals surface area contributed by atoms with Crippen molar-refractivity contribution in [3.63, 3.8) is 0 Å². The SMILES string of the molecule is CNc1cc(Nc2cccc(C)c2)ccn1. The summed E-state index contributed by atoms with van der Waals surface area (Å²) in [5.41, 5.74) is 3.37. The van der Waals surface area contributed by atoms with Gasteiger partial charge in [-0.2, -0.15) is 0 Å². The minimum Gasteiger partial charge on any atom is -0.373 e. The van der Waals surface area contributed by atoms with Crippen molar-refractivity contribution < 1.29 is 0 Å². The minimum atomic E-state index is 0.859. The Morgan fingerprint density at radius 1 is 1.06 bits per heavy atom. The monoisotopic (exact) mass is 213 g/mol. The smallest absolute Gasteiger partial charge is 0.127 e. The van der Waals surface area contributed by atoms with Gasteiger partial charge < -0.3 is 10.6 Å². The van der Waals surface area contributed by atoms with Gasteiger partial charge in [-0.05, 0) is 30.7 Å². The summed E-state index contributed by atoms with van der Waals surface area (Å²) in [5, 5.41) is 6.35. The lowest BCUT2D eigenvalue weighted by molar-refractivity contribution is 1.28. The molecule has 0 unspecified atom stereocenters. The predicted octanol–water partition coefficient (Wildman–Crippen LogP) is 3.18. The molecule has 0 fully saturated rings. The number of nitrogens with one attached hydrogen (secondary N) is 2. The second-order valence-corrected chi connectivity index (χ2v) is 3.67. The van der Waals surface area contributed by atoms with E-state index < -0.39 is 0 Å². The van der Waals surface area contributed by atoms with Crippen LogP contribution in [0.5, 0.6) is 0 Å². The molecule has 0 amide bonds. The van der Waals surface area contributed by atoms with Crippen molar-refractivity contribution in [3.05, 3.63) is 48.2 Å². The molecule has 16 heavy (non-hydrogen) atoms. The van der Waals surface area contributed by atoms with E-state index in [0.717, 1.165) is 17.2 Å². The first-order valence-corrected chi connectivity index (χ1v) is 5.25. The van der Waals surface area contributed by atoms with E-state index in [-0.39, 0.29) is 0 Å². The summed E-state index contributed by atoms with van der Waals surface area (Å²) < 4.78 is 0. The molecular weight excluding hydrogens is 198 g/mol. The maximum Gasteiger partial charge on any atom is 0.127 e. The van der Waals surface area contributed by atoms with E-state index in [0.29, 0.717) is 0 Å². The Labute approximate surface area is 95.5 Å². The molecular formula is C13H15N3. The van der Waals surface area contributed by atoms with Gasteiger partial charge in [0.2, 0.25) is 0 Å². The second-order valence-electron chi connectivity index (χ2n) is 3.67. The molecule has 1 aromatic carbocycles. The molecule has 0 bridgehead atoms. The van der Waals surface area contributed by atoms with Crippen LogP contribution in [-0.2, 0) is 0 Å². The summed E-state index contributed by atoms with van der Waals surface area (Å²) in [6.07, 6.45) is 1.78. The molecule has 0 atom stereocenters. The van der Waals surface area contributed by atoms with Crippen molar-refractivity contribution in [2.24, 2.45) is 0 Å². The van der Waals surface area contributed by atoms with E-state index in [1.54, 1.807) is 6.20 Å². The van der Waals surface area contributed by atoms with Crippen molar-refractivity contribution in [3.8, 4) is 0 Å². The van der Waals surface area contributed by atoms with Crippen LogP contribution in [0.15, 0.2) is 42.6 Å². The third kappa shape index (κ3) is 2.51. The summed E-state index contributed by atoms with van der Waals surface area (Å²) >= 11 is 0. The Kier molecular flexibility index (Phi) is 3.05. The summed E-state index contributed by atoms with van der Waals surface area (Å²) in [7, 11) is 1.86. The van der Waals surface area contributed by atoms with Gasteiger partial charge in [-0.25, -0.2) is 4.98 Å².